The first kappa shape index (κ1) is 14.1. The van der Waals surface area contributed by atoms with Crippen LogP contribution in [0.5, 0.6) is 0 Å². The smallest absolute Gasteiger partial charge is 0.253 e. The Hall–Kier alpha value is -2.28. The highest BCUT2D eigenvalue weighted by molar-refractivity contribution is 5.94. The predicted octanol–water partition coefficient (Wildman–Crippen LogP) is 1.90. The molecule has 1 atom stereocenters. The number of amides is 1. The quantitative estimate of drug-likeness (QED) is 0.751. The Kier molecular flexibility index (Phi) is 4.09. The van der Waals surface area contributed by atoms with E-state index in [2.05, 4.69) is 10.3 Å². The molecule has 4 nitrogen and oxygen atoms in total. The fourth-order valence-electron chi connectivity index (χ4n) is 1.72. The number of nitrogens with one attached hydrogen (secondary N) is 2. The van der Waals surface area contributed by atoms with Crippen LogP contribution in [0.2, 0.25) is 0 Å². The van der Waals surface area contributed by atoms with Gasteiger partial charge in [0.05, 0.1) is 18.2 Å². The Balaban J connectivity index is 2.22. The number of H-pyrrole nitrogens is 1. The highest BCUT2D eigenvalue weighted by atomic mass is 19.2. The minimum atomic E-state index is -1.59. The lowest BCUT2D eigenvalue weighted by molar-refractivity contribution is 0.0916. The average Bonchev–Trinajstić information content (AvgIpc) is 2.95. The molecular formula is C13H11F3N2O2. The molecule has 2 rings (SSSR count). The van der Waals surface area contributed by atoms with Crippen LogP contribution < -0.4 is 5.32 Å². The molecule has 1 aromatic carbocycles. The van der Waals surface area contributed by atoms with Crippen LogP contribution in [0.15, 0.2) is 30.6 Å². The molecule has 0 saturated carbocycles. The summed E-state index contributed by atoms with van der Waals surface area (Å²) in [5.74, 6) is -4.89. The molecule has 1 unspecified atom stereocenters. The molecule has 0 fully saturated rings. The molecule has 20 heavy (non-hydrogen) atoms. The zero-order chi connectivity index (χ0) is 14.7. The zero-order valence-electron chi connectivity index (χ0n) is 10.2. The molecule has 0 aliphatic rings. The van der Waals surface area contributed by atoms with Crippen LogP contribution in [0.25, 0.3) is 0 Å². The second-order valence-electron chi connectivity index (χ2n) is 4.11. The highest BCUT2D eigenvalue weighted by Crippen LogP contribution is 2.19. The molecule has 106 valence electrons. The third-order valence-electron chi connectivity index (χ3n) is 2.76. The van der Waals surface area contributed by atoms with E-state index >= 15 is 0 Å². The number of aliphatic hydroxyl groups is 1. The van der Waals surface area contributed by atoms with E-state index in [1.807, 2.05) is 0 Å². The van der Waals surface area contributed by atoms with Crippen molar-refractivity contribution in [1.82, 2.24) is 10.3 Å². The van der Waals surface area contributed by atoms with Gasteiger partial charge in [0.1, 0.15) is 0 Å². The molecule has 0 saturated heterocycles. The van der Waals surface area contributed by atoms with Crippen LogP contribution in [-0.2, 0) is 0 Å². The number of hydrogen-bond acceptors (Lipinski definition) is 2. The molecule has 3 N–H and O–H groups in total. The largest absolute Gasteiger partial charge is 0.394 e. The molecule has 7 heteroatoms. The van der Waals surface area contributed by atoms with Crippen LogP contribution >= 0.6 is 0 Å². The molecule has 0 aliphatic carbocycles. The van der Waals surface area contributed by atoms with Crippen molar-refractivity contribution in [3.8, 4) is 0 Å². The Morgan fingerprint density at radius 2 is 1.95 bits per heavy atom. The van der Waals surface area contributed by atoms with E-state index in [1.54, 1.807) is 0 Å². The predicted molar refractivity (Wildman–Crippen MR) is 64.4 cm³/mol. The van der Waals surface area contributed by atoms with Gasteiger partial charge in [-0.05, 0) is 23.8 Å². The second kappa shape index (κ2) is 5.79. The number of rotatable bonds is 4. The normalized spacial score (nSPS) is 12.2. The van der Waals surface area contributed by atoms with Crippen LogP contribution in [-0.4, -0.2) is 22.6 Å². The third-order valence-corrected chi connectivity index (χ3v) is 2.76. The number of carbonyl (C=O) groups excluding carboxylic acids is 1. The maximum atomic E-state index is 13.1. The average molecular weight is 284 g/mol. The van der Waals surface area contributed by atoms with Crippen LogP contribution in [0, 0.1) is 17.5 Å². The summed E-state index contributed by atoms with van der Waals surface area (Å²) in [6.07, 6.45) is 2.95. The van der Waals surface area contributed by atoms with E-state index in [0.717, 1.165) is 12.1 Å². The van der Waals surface area contributed by atoms with Gasteiger partial charge in [-0.2, -0.15) is 0 Å². The van der Waals surface area contributed by atoms with Crippen molar-refractivity contribution in [3.05, 3.63) is 59.2 Å². The van der Waals surface area contributed by atoms with Gasteiger partial charge in [0.25, 0.3) is 5.91 Å². The van der Waals surface area contributed by atoms with Gasteiger partial charge < -0.3 is 15.4 Å². The Labute approximate surface area is 112 Å². The molecule has 0 aliphatic heterocycles. The molecule has 0 radical (unpaired) electrons. The van der Waals surface area contributed by atoms with E-state index in [-0.39, 0.29) is 5.56 Å². The maximum Gasteiger partial charge on any atom is 0.253 e. The van der Waals surface area contributed by atoms with Crippen molar-refractivity contribution in [1.29, 1.82) is 0 Å². The first-order valence-electron chi connectivity index (χ1n) is 5.72. The number of aromatic amines is 1. The van der Waals surface area contributed by atoms with Crippen LogP contribution in [0.4, 0.5) is 13.2 Å². The second-order valence-corrected chi connectivity index (χ2v) is 4.11. The summed E-state index contributed by atoms with van der Waals surface area (Å²) in [4.78, 5) is 14.5. The SMILES string of the molecule is O=C(NC(CO)c1cc(F)c(F)c(F)c1)c1cc[nH]c1. The summed E-state index contributed by atoms with van der Waals surface area (Å²) >= 11 is 0. The summed E-state index contributed by atoms with van der Waals surface area (Å²) in [6.45, 7) is -0.583. The van der Waals surface area contributed by atoms with Gasteiger partial charge in [-0.15, -0.1) is 0 Å². The zero-order valence-corrected chi connectivity index (χ0v) is 10.2. The van der Waals surface area contributed by atoms with Crippen molar-refractivity contribution in [2.24, 2.45) is 0 Å². The number of halogens is 3. The standard InChI is InChI=1S/C13H11F3N2O2/c14-9-3-8(4-10(15)12(9)16)11(6-19)18-13(20)7-1-2-17-5-7/h1-5,11,17,19H,6H2,(H,18,20). The van der Waals surface area contributed by atoms with Gasteiger partial charge >= 0.3 is 0 Å². The van der Waals surface area contributed by atoms with Crippen molar-refractivity contribution in [2.75, 3.05) is 6.61 Å². The third kappa shape index (κ3) is 2.83. The lowest BCUT2D eigenvalue weighted by Gasteiger charge is -2.16. The Bertz CT molecular complexity index is 591. The van der Waals surface area contributed by atoms with Crippen molar-refractivity contribution >= 4 is 5.91 Å². The van der Waals surface area contributed by atoms with E-state index in [9.17, 15) is 23.1 Å². The summed E-state index contributed by atoms with van der Waals surface area (Å²) in [5, 5.41) is 11.6. The number of hydrogen-bond donors (Lipinski definition) is 3. The first-order chi connectivity index (χ1) is 9.52. The van der Waals surface area contributed by atoms with Crippen LogP contribution in [0.1, 0.15) is 22.0 Å². The van der Waals surface area contributed by atoms with Gasteiger partial charge in [0.2, 0.25) is 0 Å². The molecule has 1 aromatic heterocycles. The first-order valence-corrected chi connectivity index (χ1v) is 5.72. The van der Waals surface area contributed by atoms with Crippen molar-refractivity contribution in [3.63, 3.8) is 0 Å². The van der Waals surface area contributed by atoms with Gasteiger partial charge in [0, 0.05) is 12.4 Å². The summed E-state index contributed by atoms with van der Waals surface area (Å²) < 4.78 is 39.1. The van der Waals surface area contributed by atoms with E-state index in [0.29, 0.717) is 5.56 Å². The Morgan fingerprint density at radius 1 is 1.30 bits per heavy atom. The lowest BCUT2D eigenvalue weighted by atomic mass is 10.1. The van der Waals surface area contributed by atoms with Gasteiger partial charge in [-0.1, -0.05) is 0 Å². The van der Waals surface area contributed by atoms with Crippen LogP contribution in [0.3, 0.4) is 0 Å². The molecule has 2 aromatic rings. The van der Waals surface area contributed by atoms with E-state index < -0.39 is 36.0 Å². The number of aliphatic hydroxyl groups excluding tert-OH is 1. The molecular weight excluding hydrogens is 273 g/mol. The number of benzene rings is 1. The maximum absolute atomic E-state index is 13.1. The van der Waals surface area contributed by atoms with Gasteiger partial charge in [0.15, 0.2) is 17.5 Å². The molecule has 1 heterocycles. The molecule has 0 bridgehead atoms. The summed E-state index contributed by atoms with van der Waals surface area (Å²) in [7, 11) is 0. The van der Waals surface area contributed by atoms with Crippen molar-refractivity contribution in [2.45, 2.75) is 6.04 Å². The highest BCUT2D eigenvalue weighted by Gasteiger charge is 2.19. The number of carbonyl (C=O) groups is 1. The van der Waals surface area contributed by atoms with Gasteiger partial charge in [-0.3, -0.25) is 4.79 Å². The Morgan fingerprint density at radius 3 is 2.45 bits per heavy atom. The topological polar surface area (TPSA) is 65.1 Å². The van der Waals surface area contributed by atoms with Crippen molar-refractivity contribution < 1.29 is 23.1 Å². The summed E-state index contributed by atoms with van der Waals surface area (Å²) in [6, 6.07) is 1.92. The fourth-order valence-corrected chi connectivity index (χ4v) is 1.72. The lowest BCUT2D eigenvalue weighted by Crippen LogP contribution is -2.30. The molecule has 1 amide bonds. The summed E-state index contributed by atoms with van der Waals surface area (Å²) in [5.41, 5.74) is 0.235. The number of aromatic nitrogens is 1. The molecule has 0 spiro atoms. The minimum absolute atomic E-state index is 0.0622. The monoisotopic (exact) mass is 284 g/mol. The van der Waals surface area contributed by atoms with E-state index in [1.165, 1.54) is 18.5 Å². The fraction of sp³-hybridized carbons (Fsp3) is 0.154. The van der Waals surface area contributed by atoms with E-state index in [4.69, 9.17) is 0 Å². The minimum Gasteiger partial charge on any atom is -0.394 e. The van der Waals surface area contributed by atoms with Gasteiger partial charge in [-0.25, -0.2) is 13.2 Å².